The molecule has 1 aromatic carbocycles. The van der Waals surface area contributed by atoms with E-state index >= 15 is 0 Å². The van der Waals surface area contributed by atoms with E-state index in [4.69, 9.17) is 21.1 Å². The third kappa shape index (κ3) is 6.76. The highest BCUT2D eigenvalue weighted by Gasteiger charge is 2.26. The van der Waals surface area contributed by atoms with Gasteiger partial charge in [0.2, 0.25) is 5.88 Å². The van der Waals surface area contributed by atoms with E-state index in [1.54, 1.807) is 36.0 Å². The quantitative estimate of drug-likeness (QED) is 0.309. The molecule has 1 amide bonds. The fourth-order valence-electron chi connectivity index (χ4n) is 6.03. The van der Waals surface area contributed by atoms with Gasteiger partial charge >= 0.3 is 5.69 Å². The molecule has 10 nitrogen and oxygen atoms in total. The first-order valence-electron chi connectivity index (χ1n) is 15.0. The molecule has 0 spiro atoms. The minimum atomic E-state index is -0.143. The highest BCUT2D eigenvalue weighted by molar-refractivity contribution is 6.30. The molecule has 1 saturated heterocycles. The Hall–Kier alpha value is -3.73. The summed E-state index contributed by atoms with van der Waals surface area (Å²) in [4.78, 5) is 35.3. The molecule has 1 aliphatic carbocycles. The van der Waals surface area contributed by atoms with E-state index in [1.807, 2.05) is 34.9 Å². The largest absolute Gasteiger partial charge is 0.475 e. The van der Waals surface area contributed by atoms with Crippen molar-refractivity contribution < 1.29 is 14.3 Å². The number of aryl methyl sites for hydroxylation is 1. The van der Waals surface area contributed by atoms with Gasteiger partial charge in [0.05, 0.1) is 39.2 Å². The number of para-hydroxylation sites is 2. The van der Waals surface area contributed by atoms with Gasteiger partial charge in [-0.15, -0.1) is 0 Å². The van der Waals surface area contributed by atoms with Crippen LogP contribution in [0.5, 0.6) is 5.88 Å². The predicted molar refractivity (Wildman–Crippen MR) is 165 cm³/mol. The number of nitrogens with one attached hydrogen (secondary N) is 2. The highest BCUT2D eigenvalue weighted by atomic mass is 35.5. The van der Waals surface area contributed by atoms with Crippen LogP contribution in [0.1, 0.15) is 48.2 Å². The number of hydrogen-bond acceptors (Lipinski definition) is 7. The summed E-state index contributed by atoms with van der Waals surface area (Å²) in [5, 5.41) is 6.95. The maximum Gasteiger partial charge on any atom is 0.333 e. The van der Waals surface area contributed by atoms with E-state index < -0.39 is 0 Å². The van der Waals surface area contributed by atoms with Crippen LogP contribution in [0.25, 0.3) is 16.7 Å². The van der Waals surface area contributed by atoms with Crippen LogP contribution in [-0.4, -0.2) is 63.5 Å². The van der Waals surface area contributed by atoms with Gasteiger partial charge in [-0.25, -0.2) is 9.78 Å². The Kier molecular flexibility index (Phi) is 9.06. The van der Waals surface area contributed by atoms with E-state index in [2.05, 4.69) is 20.6 Å². The van der Waals surface area contributed by atoms with Crippen molar-refractivity contribution in [1.82, 2.24) is 29.7 Å². The zero-order chi connectivity index (χ0) is 29.8. The summed E-state index contributed by atoms with van der Waals surface area (Å²) in [7, 11) is 0. The van der Waals surface area contributed by atoms with E-state index in [0.717, 1.165) is 62.8 Å². The fourth-order valence-corrected chi connectivity index (χ4v) is 6.18. The Balaban J connectivity index is 1.11. The van der Waals surface area contributed by atoms with Crippen LogP contribution in [0.3, 0.4) is 0 Å². The highest BCUT2D eigenvalue weighted by Crippen LogP contribution is 2.28. The number of nitrogens with zero attached hydrogens (tertiary/aromatic N) is 4. The number of rotatable bonds is 8. The van der Waals surface area contributed by atoms with Crippen LogP contribution >= 0.6 is 11.6 Å². The molecule has 2 aliphatic rings. The van der Waals surface area contributed by atoms with Gasteiger partial charge in [0.1, 0.15) is 12.7 Å². The number of imidazole rings is 1. The second kappa shape index (κ2) is 13.3. The van der Waals surface area contributed by atoms with Crippen LogP contribution in [0.2, 0.25) is 5.02 Å². The Morgan fingerprint density at radius 1 is 1.12 bits per heavy atom. The molecule has 1 aliphatic heterocycles. The van der Waals surface area contributed by atoms with Crippen molar-refractivity contribution in [2.75, 3.05) is 26.3 Å². The Morgan fingerprint density at radius 2 is 1.93 bits per heavy atom. The Labute approximate surface area is 255 Å². The first-order chi connectivity index (χ1) is 21.0. The molecule has 6 rings (SSSR count). The standard InChI is InChI=1S/C32H37ClN6O4/c1-21-27(15-23(33)16-35-21)31(40)37-24-9-7-22(8-10-24)19-38-28-5-2-3-6-29(28)39(32(38)41)25-11-12-30(36-17-25)43-20-26-18-34-13-4-14-42-26/h2-3,5-6,11-12,15-17,22,24,26,34H,4,7-10,13-14,18-20H2,1H3,(H,37,40)/t22?,24?,26-/m1/s1. The lowest BCUT2D eigenvalue weighted by Crippen LogP contribution is -2.39. The first kappa shape index (κ1) is 29.3. The molecular weight excluding hydrogens is 568 g/mol. The van der Waals surface area contributed by atoms with Crippen molar-refractivity contribution in [3.63, 3.8) is 0 Å². The Bertz CT molecular complexity index is 1620. The Morgan fingerprint density at radius 3 is 2.72 bits per heavy atom. The van der Waals surface area contributed by atoms with Gasteiger partial charge < -0.3 is 20.1 Å². The zero-order valence-corrected chi connectivity index (χ0v) is 25.1. The van der Waals surface area contributed by atoms with Gasteiger partial charge in [0, 0.05) is 38.0 Å². The SMILES string of the molecule is Cc1ncc(Cl)cc1C(=O)NC1CCC(Cn2c(=O)n(-c3ccc(OC[C@H]4CNCCCO4)nc3)c3ccccc32)CC1. The second-order valence-corrected chi connectivity index (χ2v) is 11.8. The molecule has 1 saturated carbocycles. The second-order valence-electron chi connectivity index (χ2n) is 11.4. The monoisotopic (exact) mass is 604 g/mol. The van der Waals surface area contributed by atoms with Crippen LogP contribution in [0.15, 0.2) is 59.7 Å². The maximum atomic E-state index is 13.8. The molecule has 3 aromatic heterocycles. The summed E-state index contributed by atoms with van der Waals surface area (Å²) < 4.78 is 15.3. The van der Waals surface area contributed by atoms with Crippen LogP contribution in [0.4, 0.5) is 0 Å². The molecule has 1 atom stereocenters. The number of hydrogen-bond donors (Lipinski definition) is 2. The number of carbonyl (C=O) groups excluding carboxylic acids is 1. The molecule has 0 radical (unpaired) electrons. The molecule has 43 heavy (non-hydrogen) atoms. The smallest absolute Gasteiger partial charge is 0.333 e. The topological polar surface area (TPSA) is 112 Å². The van der Waals surface area contributed by atoms with Crippen LogP contribution < -0.4 is 21.1 Å². The first-order valence-corrected chi connectivity index (χ1v) is 15.4. The van der Waals surface area contributed by atoms with Gasteiger partial charge in [0.25, 0.3) is 5.91 Å². The van der Waals surface area contributed by atoms with Gasteiger partial charge in [0.15, 0.2) is 0 Å². The molecule has 2 fully saturated rings. The summed E-state index contributed by atoms with van der Waals surface area (Å²) in [6.07, 6.45) is 7.74. The van der Waals surface area contributed by atoms with Crippen molar-refractivity contribution in [3.05, 3.63) is 81.6 Å². The average Bonchev–Trinajstić information content (AvgIpc) is 3.16. The van der Waals surface area contributed by atoms with Crippen molar-refractivity contribution in [2.45, 2.75) is 57.7 Å². The summed E-state index contributed by atoms with van der Waals surface area (Å²) in [6.45, 7) is 5.27. The molecule has 11 heteroatoms. The molecule has 226 valence electrons. The fraction of sp³-hybridized carbons (Fsp3) is 0.438. The lowest BCUT2D eigenvalue weighted by molar-refractivity contribution is 0.0312. The van der Waals surface area contributed by atoms with Crippen LogP contribution in [-0.2, 0) is 11.3 Å². The van der Waals surface area contributed by atoms with E-state index in [-0.39, 0.29) is 23.7 Å². The lowest BCUT2D eigenvalue weighted by atomic mass is 9.85. The number of aromatic nitrogens is 4. The minimum Gasteiger partial charge on any atom is -0.475 e. The summed E-state index contributed by atoms with van der Waals surface area (Å²) in [6, 6.07) is 13.3. The zero-order valence-electron chi connectivity index (χ0n) is 24.3. The third-order valence-corrected chi connectivity index (χ3v) is 8.58. The predicted octanol–water partition coefficient (Wildman–Crippen LogP) is 4.29. The number of halogens is 1. The van der Waals surface area contributed by atoms with Crippen molar-refractivity contribution in [1.29, 1.82) is 0 Å². The minimum absolute atomic E-state index is 0.0136. The summed E-state index contributed by atoms with van der Waals surface area (Å²) >= 11 is 6.06. The van der Waals surface area contributed by atoms with E-state index in [9.17, 15) is 9.59 Å². The number of ether oxygens (including phenoxy) is 2. The normalized spacial score (nSPS) is 20.9. The van der Waals surface area contributed by atoms with Gasteiger partial charge in [-0.1, -0.05) is 23.7 Å². The van der Waals surface area contributed by atoms with Crippen molar-refractivity contribution in [3.8, 4) is 11.6 Å². The molecule has 0 unspecified atom stereocenters. The van der Waals surface area contributed by atoms with Crippen molar-refractivity contribution in [2.24, 2.45) is 5.92 Å². The number of pyridine rings is 2. The molecule has 2 N–H and O–H groups in total. The van der Waals surface area contributed by atoms with Crippen molar-refractivity contribution >= 4 is 28.5 Å². The van der Waals surface area contributed by atoms with Gasteiger partial charge in [-0.2, -0.15) is 0 Å². The molecular formula is C32H37ClN6O4. The molecule has 4 heterocycles. The number of amides is 1. The molecule has 0 bridgehead atoms. The number of fused-ring (bicyclic) bond motifs is 1. The third-order valence-electron chi connectivity index (χ3n) is 8.38. The number of carbonyl (C=O) groups is 1. The maximum absolute atomic E-state index is 13.8. The summed E-state index contributed by atoms with van der Waals surface area (Å²) in [5.74, 6) is 0.684. The van der Waals surface area contributed by atoms with E-state index in [1.165, 1.54) is 0 Å². The number of benzene rings is 1. The summed E-state index contributed by atoms with van der Waals surface area (Å²) in [5.41, 5.74) is 3.50. The van der Waals surface area contributed by atoms with Crippen LogP contribution in [0, 0.1) is 12.8 Å². The molecule has 4 aromatic rings. The van der Waals surface area contributed by atoms with Gasteiger partial charge in [-0.3, -0.25) is 18.9 Å². The lowest BCUT2D eigenvalue weighted by Gasteiger charge is -2.29. The average molecular weight is 605 g/mol. The van der Waals surface area contributed by atoms with Gasteiger partial charge in [-0.05, 0) is 75.8 Å². The van der Waals surface area contributed by atoms with E-state index in [0.29, 0.717) is 46.9 Å².